The molecule has 2 aromatic heterocycles. The molecule has 38 heavy (non-hydrogen) atoms. The van der Waals surface area contributed by atoms with Gasteiger partial charge in [-0.2, -0.15) is 4.98 Å². The van der Waals surface area contributed by atoms with E-state index in [1.165, 1.54) is 18.2 Å². The zero-order valence-corrected chi connectivity index (χ0v) is 21.5. The molecule has 0 fully saturated rings. The van der Waals surface area contributed by atoms with E-state index in [1.807, 2.05) is 38.1 Å². The number of carboxylic acids is 1. The fourth-order valence-electron chi connectivity index (χ4n) is 4.44. The van der Waals surface area contributed by atoms with Crippen LogP contribution in [0.5, 0.6) is 5.88 Å². The van der Waals surface area contributed by atoms with Gasteiger partial charge < -0.3 is 15.2 Å². The number of pyridine rings is 1. The summed E-state index contributed by atoms with van der Waals surface area (Å²) in [5.41, 5.74) is 5.04. The predicted molar refractivity (Wildman–Crippen MR) is 140 cm³/mol. The number of carboxylic acid groups (broad SMARTS) is 1. The number of rotatable bonds is 7. The molecule has 3 N–H and O–H groups in total. The number of hydrogen-bond donors (Lipinski definition) is 3. The summed E-state index contributed by atoms with van der Waals surface area (Å²) < 4.78 is 35.0. The molecule has 4 aromatic rings. The van der Waals surface area contributed by atoms with Crippen LogP contribution in [0.15, 0.2) is 71.9 Å². The number of fused-ring (bicyclic) bond motifs is 1. The van der Waals surface area contributed by atoms with Crippen molar-refractivity contribution in [1.82, 2.24) is 20.3 Å². The van der Waals surface area contributed by atoms with Crippen molar-refractivity contribution in [2.24, 2.45) is 0 Å². The number of ether oxygens (including phenoxy) is 1. The van der Waals surface area contributed by atoms with Gasteiger partial charge in [-0.25, -0.2) is 22.9 Å². The van der Waals surface area contributed by atoms with E-state index < -0.39 is 22.1 Å². The quantitative estimate of drug-likeness (QED) is 0.324. The highest BCUT2D eigenvalue weighted by molar-refractivity contribution is 7.92. The summed E-state index contributed by atoms with van der Waals surface area (Å²) in [6.45, 7) is 5.10. The number of aromatic carboxylic acids is 1. The van der Waals surface area contributed by atoms with Crippen LogP contribution in [0.3, 0.4) is 0 Å². The van der Waals surface area contributed by atoms with Crippen molar-refractivity contribution in [3.63, 3.8) is 0 Å². The molecule has 1 unspecified atom stereocenters. The van der Waals surface area contributed by atoms with Crippen LogP contribution < -0.4 is 14.8 Å². The molecule has 1 aliphatic rings. The average Bonchev–Trinajstić information content (AvgIpc) is 2.88. The van der Waals surface area contributed by atoms with Gasteiger partial charge in [-0.3, -0.25) is 4.98 Å². The maximum atomic E-state index is 13.2. The number of aryl methyl sites for hydroxylation is 2. The second-order valence-electron chi connectivity index (χ2n) is 8.93. The minimum absolute atomic E-state index is 0.154. The largest absolute Gasteiger partial charge is 0.478 e. The number of nitrogens with zero attached hydrogens (tertiary/aromatic N) is 3. The lowest BCUT2D eigenvalue weighted by atomic mass is 10.00. The van der Waals surface area contributed by atoms with Crippen molar-refractivity contribution in [2.45, 2.75) is 31.4 Å². The average molecular weight is 532 g/mol. The Labute approximate surface area is 219 Å². The minimum atomic E-state index is -4.20. The lowest BCUT2D eigenvalue weighted by Gasteiger charge is -2.26. The number of aromatic nitrogens is 3. The molecule has 0 radical (unpaired) electrons. The van der Waals surface area contributed by atoms with E-state index in [1.54, 1.807) is 18.5 Å². The van der Waals surface area contributed by atoms with Crippen LogP contribution in [0.2, 0.25) is 0 Å². The Morgan fingerprint density at radius 2 is 1.84 bits per heavy atom. The third-order valence-corrected chi connectivity index (χ3v) is 7.58. The van der Waals surface area contributed by atoms with Gasteiger partial charge in [-0.05, 0) is 54.8 Å². The molecule has 10 nitrogen and oxygen atoms in total. The molecule has 0 saturated heterocycles. The third kappa shape index (κ3) is 5.20. The Kier molecular flexibility index (Phi) is 6.79. The van der Waals surface area contributed by atoms with Crippen LogP contribution in [0.4, 0.5) is 5.95 Å². The number of sulfonamides is 1. The van der Waals surface area contributed by atoms with Crippen molar-refractivity contribution in [3.05, 3.63) is 94.8 Å². The normalized spacial score (nSPS) is 14.9. The molecule has 0 bridgehead atoms. The highest BCUT2D eigenvalue weighted by Crippen LogP contribution is 2.32. The Balaban J connectivity index is 1.57. The fraction of sp³-hybridized carbons (Fsp3) is 0.185. The molecule has 2 aromatic carbocycles. The molecule has 0 saturated carbocycles. The van der Waals surface area contributed by atoms with E-state index in [4.69, 9.17) is 4.74 Å². The van der Waals surface area contributed by atoms with Gasteiger partial charge in [0.1, 0.15) is 6.10 Å². The maximum Gasteiger partial charge on any atom is 0.335 e. The molecule has 3 heterocycles. The topological polar surface area (TPSA) is 143 Å². The van der Waals surface area contributed by atoms with E-state index in [-0.39, 0.29) is 22.3 Å². The highest BCUT2D eigenvalue weighted by Gasteiger charge is 2.24. The molecule has 194 valence electrons. The minimum Gasteiger partial charge on any atom is -0.478 e. The number of hydrogen-bond acceptors (Lipinski definition) is 8. The van der Waals surface area contributed by atoms with Crippen LogP contribution >= 0.6 is 0 Å². The molecule has 5 rings (SSSR count). The number of nitrogens with one attached hydrogen (secondary N) is 2. The van der Waals surface area contributed by atoms with Crippen molar-refractivity contribution < 1.29 is 23.1 Å². The smallest absolute Gasteiger partial charge is 0.335 e. The number of carbonyl (C=O) groups is 1. The lowest BCUT2D eigenvalue weighted by molar-refractivity contribution is 0.0696. The zero-order valence-electron chi connectivity index (χ0n) is 20.7. The molecule has 11 heteroatoms. The maximum absolute atomic E-state index is 13.2. The molecule has 1 atom stereocenters. The summed E-state index contributed by atoms with van der Waals surface area (Å²) in [4.78, 5) is 24.2. The third-order valence-electron chi connectivity index (χ3n) is 6.26. The van der Waals surface area contributed by atoms with Gasteiger partial charge >= 0.3 is 5.97 Å². The summed E-state index contributed by atoms with van der Waals surface area (Å²) in [7, 11) is -4.20. The zero-order chi connectivity index (χ0) is 26.9. The molecule has 1 aliphatic heterocycles. The van der Waals surface area contributed by atoms with Crippen molar-refractivity contribution in [2.75, 3.05) is 11.3 Å². The first-order valence-electron chi connectivity index (χ1n) is 11.8. The number of anilines is 1. The van der Waals surface area contributed by atoms with Gasteiger partial charge in [0.05, 0.1) is 16.2 Å². The highest BCUT2D eigenvalue weighted by atomic mass is 32.2. The van der Waals surface area contributed by atoms with Crippen LogP contribution in [0.25, 0.3) is 11.3 Å². The van der Waals surface area contributed by atoms with E-state index >= 15 is 0 Å². The monoisotopic (exact) mass is 531 g/mol. The molecular weight excluding hydrogens is 506 g/mol. The van der Waals surface area contributed by atoms with Gasteiger partial charge in [-0.1, -0.05) is 24.3 Å². The van der Waals surface area contributed by atoms with E-state index in [0.29, 0.717) is 18.8 Å². The Morgan fingerprint density at radius 1 is 1.08 bits per heavy atom. The second kappa shape index (κ2) is 10.2. The van der Waals surface area contributed by atoms with Crippen LogP contribution in [0.1, 0.15) is 38.7 Å². The summed E-state index contributed by atoms with van der Waals surface area (Å²) in [6, 6.07) is 14.5. The summed E-state index contributed by atoms with van der Waals surface area (Å²) in [6.07, 6.45) is 3.08. The first-order valence-corrected chi connectivity index (χ1v) is 13.3. The Bertz CT molecular complexity index is 1620. The van der Waals surface area contributed by atoms with E-state index in [2.05, 4.69) is 25.0 Å². The number of benzene rings is 2. The standard InChI is InChI=1S/C27H25N5O5S/c1-16-5-3-6-17(2)25(16)22-12-24(37-23-15-29-13-19-9-10-28-14-21(19)23)31-27(30-22)32-38(35,36)20-8-4-7-18(11-20)26(33)34/h3-12,14,23,29H,13,15H2,1-2H3,(H,33,34)(H,30,31,32). The van der Waals surface area contributed by atoms with Gasteiger partial charge in [0.15, 0.2) is 0 Å². The first kappa shape index (κ1) is 25.3. The first-order chi connectivity index (χ1) is 18.2. The molecule has 0 aliphatic carbocycles. The summed E-state index contributed by atoms with van der Waals surface area (Å²) in [5.74, 6) is -1.25. The molecule has 0 amide bonds. The summed E-state index contributed by atoms with van der Waals surface area (Å²) in [5, 5.41) is 12.6. The molecule has 0 spiro atoms. The fourth-order valence-corrected chi connectivity index (χ4v) is 5.43. The van der Waals surface area contributed by atoms with Gasteiger partial charge in [0.2, 0.25) is 11.8 Å². The van der Waals surface area contributed by atoms with Gasteiger partial charge in [-0.15, -0.1) is 0 Å². The Morgan fingerprint density at radius 3 is 2.61 bits per heavy atom. The van der Waals surface area contributed by atoms with Crippen molar-refractivity contribution in [1.29, 1.82) is 0 Å². The Hall–Kier alpha value is -4.35. The molecular formula is C27H25N5O5S. The lowest BCUT2D eigenvalue weighted by Crippen LogP contribution is -2.31. The van der Waals surface area contributed by atoms with Gasteiger partial charge in [0.25, 0.3) is 10.0 Å². The SMILES string of the molecule is Cc1cccc(C)c1-c1cc(OC2CNCc3ccncc32)nc(NS(=O)(=O)c2cccc(C(=O)O)c2)n1. The summed E-state index contributed by atoms with van der Waals surface area (Å²) >= 11 is 0. The van der Waals surface area contributed by atoms with Crippen LogP contribution in [-0.4, -0.2) is 41.0 Å². The van der Waals surface area contributed by atoms with Crippen LogP contribution in [-0.2, 0) is 16.6 Å². The van der Waals surface area contributed by atoms with E-state index in [0.717, 1.165) is 33.9 Å². The second-order valence-corrected chi connectivity index (χ2v) is 10.6. The van der Waals surface area contributed by atoms with Crippen molar-refractivity contribution in [3.8, 4) is 17.1 Å². The van der Waals surface area contributed by atoms with Crippen LogP contribution in [0, 0.1) is 13.8 Å². The van der Waals surface area contributed by atoms with Crippen molar-refractivity contribution >= 4 is 21.9 Å². The van der Waals surface area contributed by atoms with Gasteiger partial charge in [0, 0.05) is 42.7 Å². The predicted octanol–water partition coefficient (Wildman–Crippen LogP) is 3.88. The van der Waals surface area contributed by atoms with E-state index in [9.17, 15) is 18.3 Å².